The monoisotopic (exact) mass is 561 g/mol. The predicted octanol–water partition coefficient (Wildman–Crippen LogP) is 6.60. The van der Waals surface area contributed by atoms with Crippen molar-refractivity contribution in [2.75, 3.05) is 19.6 Å². The maximum atomic E-state index is 10.7. The SMILES string of the molecule is O=C(O)C(F)(F)F.OC1CC(CN2CCC(c3ccccc3Cl)CC2)CCc2c(Br)cccc21. The number of halogens is 5. The lowest BCUT2D eigenvalue weighted by Gasteiger charge is -2.35. The van der Waals surface area contributed by atoms with Gasteiger partial charge in [-0.3, -0.25) is 0 Å². The molecule has 2 N–H and O–H groups in total. The van der Waals surface area contributed by atoms with Gasteiger partial charge in [-0.1, -0.05) is 57.9 Å². The number of hydrogen-bond donors (Lipinski definition) is 2. The number of nitrogens with zero attached hydrogens (tertiary/aromatic N) is 1. The molecule has 9 heteroatoms. The Morgan fingerprint density at radius 1 is 1.06 bits per heavy atom. The molecule has 1 aliphatic carbocycles. The van der Waals surface area contributed by atoms with Crippen LogP contribution in [0.3, 0.4) is 0 Å². The molecule has 0 aromatic heterocycles. The van der Waals surface area contributed by atoms with E-state index in [1.54, 1.807) is 0 Å². The zero-order valence-corrected chi connectivity index (χ0v) is 20.9. The highest BCUT2D eigenvalue weighted by Gasteiger charge is 2.38. The molecule has 1 heterocycles. The molecule has 4 rings (SSSR count). The van der Waals surface area contributed by atoms with Gasteiger partial charge < -0.3 is 15.1 Å². The summed E-state index contributed by atoms with van der Waals surface area (Å²) >= 11 is 10.1. The number of carboxylic acids is 1. The van der Waals surface area contributed by atoms with Gasteiger partial charge in [-0.2, -0.15) is 13.2 Å². The molecule has 1 fully saturated rings. The first-order valence-corrected chi connectivity index (χ1v) is 12.5. The number of aliphatic hydroxyl groups is 1. The zero-order valence-electron chi connectivity index (χ0n) is 18.6. The van der Waals surface area contributed by atoms with Gasteiger partial charge in [0.2, 0.25) is 0 Å². The Balaban J connectivity index is 0.000000406. The van der Waals surface area contributed by atoms with Gasteiger partial charge in [0, 0.05) is 16.0 Å². The first-order chi connectivity index (χ1) is 16.1. The van der Waals surface area contributed by atoms with Crippen LogP contribution < -0.4 is 0 Å². The molecule has 2 atom stereocenters. The van der Waals surface area contributed by atoms with Crippen molar-refractivity contribution in [3.63, 3.8) is 0 Å². The minimum absolute atomic E-state index is 0.342. The van der Waals surface area contributed by atoms with Crippen molar-refractivity contribution < 1.29 is 28.2 Å². The number of benzene rings is 2. The zero-order chi connectivity index (χ0) is 24.9. The third-order valence-corrected chi connectivity index (χ3v) is 7.65. The van der Waals surface area contributed by atoms with Crippen molar-refractivity contribution in [2.24, 2.45) is 5.92 Å². The minimum Gasteiger partial charge on any atom is -0.475 e. The number of alkyl halides is 3. The highest BCUT2D eigenvalue weighted by Crippen LogP contribution is 2.37. The van der Waals surface area contributed by atoms with Crippen molar-refractivity contribution in [3.8, 4) is 0 Å². The Kier molecular flexibility index (Phi) is 9.43. The molecule has 0 bridgehead atoms. The molecule has 2 aliphatic rings. The Morgan fingerprint density at radius 2 is 1.68 bits per heavy atom. The average molecular weight is 563 g/mol. The molecule has 34 heavy (non-hydrogen) atoms. The smallest absolute Gasteiger partial charge is 0.475 e. The van der Waals surface area contributed by atoms with Crippen LogP contribution in [0.25, 0.3) is 0 Å². The molecule has 0 radical (unpaired) electrons. The molecule has 0 saturated carbocycles. The summed E-state index contributed by atoms with van der Waals surface area (Å²) in [5.41, 5.74) is 3.72. The Labute approximate surface area is 210 Å². The molecule has 2 aromatic rings. The number of rotatable bonds is 3. The van der Waals surface area contributed by atoms with Crippen molar-refractivity contribution in [2.45, 2.75) is 50.3 Å². The lowest BCUT2D eigenvalue weighted by molar-refractivity contribution is -0.192. The Bertz CT molecular complexity index is 980. The lowest BCUT2D eigenvalue weighted by atomic mass is 9.88. The quantitative estimate of drug-likeness (QED) is 0.414. The molecular weight excluding hydrogens is 535 g/mol. The molecule has 1 saturated heterocycles. The summed E-state index contributed by atoms with van der Waals surface area (Å²) < 4.78 is 32.9. The Morgan fingerprint density at radius 3 is 2.29 bits per heavy atom. The summed E-state index contributed by atoms with van der Waals surface area (Å²) in [6.07, 6.45) is -0.0135. The van der Waals surface area contributed by atoms with Gasteiger partial charge in [-0.15, -0.1) is 0 Å². The van der Waals surface area contributed by atoms with Crippen molar-refractivity contribution in [1.82, 2.24) is 4.90 Å². The van der Waals surface area contributed by atoms with Gasteiger partial charge in [0.05, 0.1) is 6.10 Å². The molecule has 2 unspecified atom stereocenters. The summed E-state index contributed by atoms with van der Waals surface area (Å²) in [4.78, 5) is 11.5. The normalized spacial score (nSPS) is 21.7. The maximum absolute atomic E-state index is 10.7. The first-order valence-electron chi connectivity index (χ1n) is 11.3. The summed E-state index contributed by atoms with van der Waals surface area (Å²) in [7, 11) is 0. The van der Waals surface area contributed by atoms with E-state index in [-0.39, 0.29) is 6.10 Å². The van der Waals surface area contributed by atoms with Crippen LogP contribution in [-0.4, -0.2) is 46.9 Å². The van der Waals surface area contributed by atoms with Crippen LogP contribution in [0.5, 0.6) is 0 Å². The van der Waals surface area contributed by atoms with E-state index >= 15 is 0 Å². The van der Waals surface area contributed by atoms with E-state index in [0.29, 0.717) is 11.8 Å². The molecule has 2 aromatic carbocycles. The van der Waals surface area contributed by atoms with Crippen molar-refractivity contribution >= 4 is 33.5 Å². The largest absolute Gasteiger partial charge is 0.490 e. The number of fused-ring (bicyclic) bond motifs is 1. The summed E-state index contributed by atoms with van der Waals surface area (Å²) in [5.74, 6) is -1.63. The van der Waals surface area contributed by atoms with Crippen LogP contribution in [0.1, 0.15) is 54.4 Å². The van der Waals surface area contributed by atoms with Crippen LogP contribution in [-0.2, 0) is 11.2 Å². The maximum Gasteiger partial charge on any atom is 0.490 e. The second kappa shape index (κ2) is 11.9. The third kappa shape index (κ3) is 7.20. The summed E-state index contributed by atoms with van der Waals surface area (Å²) in [5, 5.41) is 18.8. The van der Waals surface area contributed by atoms with Crippen molar-refractivity contribution in [1.29, 1.82) is 0 Å². The van der Waals surface area contributed by atoms with Crippen molar-refractivity contribution in [3.05, 3.63) is 68.7 Å². The standard InChI is InChI=1S/C23H27BrClNO.C2HF3O2/c24-21-6-3-5-20-19(21)9-8-16(14-23(20)27)15-26-12-10-17(11-13-26)18-4-1-2-7-22(18)25;3-2(4,5)1(6)7/h1-7,16-17,23,27H,8-15H2;(H,6,7). The van der Waals surface area contributed by atoms with Crippen LogP contribution in [0.4, 0.5) is 13.2 Å². The van der Waals surface area contributed by atoms with Gasteiger partial charge in [-0.25, -0.2) is 4.79 Å². The van der Waals surface area contributed by atoms with Gasteiger partial charge in [-0.05, 0) is 85.9 Å². The highest BCUT2D eigenvalue weighted by atomic mass is 79.9. The summed E-state index contributed by atoms with van der Waals surface area (Å²) in [6, 6.07) is 14.5. The van der Waals surface area contributed by atoms with Gasteiger partial charge in [0.15, 0.2) is 0 Å². The molecular formula is C25H28BrClF3NO3. The fourth-order valence-electron chi connectivity index (χ4n) is 4.82. The van der Waals surface area contributed by atoms with Crippen LogP contribution in [0, 0.1) is 5.92 Å². The van der Waals surface area contributed by atoms with E-state index in [0.717, 1.165) is 54.0 Å². The second-order valence-electron chi connectivity index (χ2n) is 8.86. The fraction of sp³-hybridized carbons (Fsp3) is 0.480. The van der Waals surface area contributed by atoms with E-state index in [4.69, 9.17) is 21.5 Å². The average Bonchev–Trinajstić information content (AvgIpc) is 2.94. The molecule has 4 nitrogen and oxygen atoms in total. The van der Waals surface area contributed by atoms with E-state index in [1.165, 1.54) is 24.0 Å². The number of aliphatic hydroxyl groups excluding tert-OH is 1. The van der Waals surface area contributed by atoms with E-state index in [1.807, 2.05) is 18.2 Å². The third-order valence-electron chi connectivity index (χ3n) is 6.56. The number of carboxylic acid groups (broad SMARTS) is 1. The van der Waals surface area contributed by atoms with E-state index < -0.39 is 12.1 Å². The van der Waals surface area contributed by atoms with Crippen LogP contribution >= 0.6 is 27.5 Å². The lowest BCUT2D eigenvalue weighted by Crippen LogP contribution is -2.37. The fourth-order valence-corrected chi connectivity index (χ4v) is 5.69. The number of hydrogen-bond acceptors (Lipinski definition) is 3. The number of aliphatic carboxylic acids is 1. The highest BCUT2D eigenvalue weighted by molar-refractivity contribution is 9.10. The topological polar surface area (TPSA) is 60.8 Å². The van der Waals surface area contributed by atoms with Gasteiger partial charge >= 0.3 is 12.1 Å². The first kappa shape index (κ1) is 27.0. The second-order valence-corrected chi connectivity index (χ2v) is 10.1. The molecule has 0 spiro atoms. The predicted molar refractivity (Wildman–Crippen MR) is 129 cm³/mol. The number of likely N-dealkylation sites (tertiary alicyclic amines) is 1. The molecule has 1 aliphatic heterocycles. The van der Waals surface area contributed by atoms with E-state index in [2.05, 4.69) is 45.1 Å². The Hall–Kier alpha value is -1.61. The summed E-state index contributed by atoms with van der Waals surface area (Å²) in [6.45, 7) is 3.34. The number of carbonyl (C=O) groups is 1. The van der Waals surface area contributed by atoms with Crippen LogP contribution in [0.15, 0.2) is 46.9 Å². The van der Waals surface area contributed by atoms with Crippen LogP contribution in [0.2, 0.25) is 5.02 Å². The minimum atomic E-state index is -5.08. The van der Waals surface area contributed by atoms with Gasteiger partial charge in [0.1, 0.15) is 0 Å². The van der Waals surface area contributed by atoms with Gasteiger partial charge in [0.25, 0.3) is 0 Å². The van der Waals surface area contributed by atoms with E-state index in [9.17, 15) is 18.3 Å². The molecule has 0 amide bonds. The number of piperidine rings is 1. The molecule has 186 valence electrons.